The summed E-state index contributed by atoms with van der Waals surface area (Å²) < 4.78 is 0. The Bertz CT molecular complexity index is 610. The molecule has 0 spiro atoms. The molecule has 110 valence electrons. The number of nitrogens with one attached hydrogen (secondary N) is 2. The first-order valence-corrected chi connectivity index (χ1v) is 6.96. The van der Waals surface area contributed by atoms with Gasteiger partial charge in [-0.15, -0.1) is 0 Å². The summed E-state index contributed by atoms with van der Waals surface area (Å²) in [4.78, 5) is 16.3. The quantitative estimate of drug-likeness (QED) is 0.899. The molecule has 0 aliphatic heterocycles. The van der Waals surface area contributed by atoms with Crippen LogP contribution in [0.3, 0.4) is 0 Å². The van der Waals surface area contributed by atoms with Crippen molar-refractivity contribution in [2.75, 3.05) is 10.6 Å². The lowest BCUT2D eigenvalue weighted by Gasteiger charge is -2.21. The third-order valence-corrected chi connectivity index (χ3v) is 2.84. The van der Waals surface area contributed by atoms with Gasteiger partial charge in [-0.05, 0) is 52.0 Å². The fraction of sp³-hybridized carbons (Fsp3) is 0.294. The summed E-state index contributed by atoms with van der Waals surface area (Å²) in [5.41, 5.74) is 2.66. The summed E-state index contributed by atoms with van der Waals surface area (Å²) in [6.07, 6.45) is 1.72. The van der Waals surface area contributed by atoms with Gasteiger partial charge >= 0.3 is 0 Å². The van der Waals surface area contributed by atoms with E-state index < -0.39 is 0 Å². The number of pyridine rings is 1. The minimum atomic E-state index is -0.154. The van der Waals surface area contributed by atoms with Crippen molar-refractivity contribution in [3.05, 3.63) is 53.7 Å². The van der Waals surface area contributed by atoms with Crippen LogP contribution in [0, 0.1) is 6.92 Å². The van der Waals surface area contributed by atoms with Gasteiger partial charge < -0.3 is 10.6 Å². The lowest BCUT2D eigenvalue weighted by Crippen LogP contribution is -2.26. The van der Waals surface area contributed by atoms with Gasteiger partial charge in [-0.3, -0.25) is 4.79 Å². The molecule has 0 aliphatic carbocycles. The summed E-state index contributed by atoms with van der Waals surface area (Å²) in [6.45, 7) is 8.24. The number of anilines is 2. The fourth-order valence-electron chi connectivity index (χ4n) is 1.87. The van der Waals surface area contributed by atoms with E-state index in [0.717, 1.165) is 11.3 Å². The lowest BCUT2D eigenvalue weighted by molar-refractivity contribution is 0.102. The first-order chi connectivity index (χ1) is 9.83. The second kappa shape index (κ2) is 5.95. The Morgan fingerprint density at radius 2 is 1.71 bits per heavy atom. The second-order valence-corrected chi connectivity index (χ2v) is 6.13. The van der Waals surface area contributed by atoms with Crippen LogP contribution in [0.4, 0.5) is 11.5 Å². The Morgan fingerprint density at radius 3 is 2.24 bits per heavy atom. The first kappa shape index (κ1) is 15.0. The van der Waals surface area contributed by atoms with E-state index in [1.165, 1.54) is 0 Å². The minimum absolute atomic E-state index is 0.0195. The van der Waals surface area contributed by atoms with Crippen molar-refractivity contribution in [2.45, 2.75) is 33.2 Å². The van der Waals surface area contributed by atoms with E-state index in [2.05, 4.69) is 36.4 Å². The van der Waals surface area contributed by atoms with Crippen LogP contribution in [0.25, 0.3) is 0 Å². The molecule has 0 bridgehead atoms. The van der Waals surface area contributed by atoms with Gasteiger partial charge in [-0.2, -0.15) is 0 Å². The van der Waals surface area contributed by atoms with Gasteiger partial charge in [0.15, 0.2) is 0 Å². The van der Waals surface area contributed by atoms with Crippen molar-refractivity contribution < 1.29 is 4.79 Å². The monoisotopic (exact) mass is 283 g/mol. The van der Waals surface area contributed by atoms with Crippen molar-refractivity contribution in [1.82, 2.24) is 4.98 Å². The van der Waals surface area contributed by atoms with Crippen LogP contribution < -0.4 is 10.6 Å². The van der Waals surface area contributed by atoms with Crippen molar-refractivity contribution in [3.63, 3.8) is 0 Å². The lowest BCUT2D eigenvalue weighted by atomic mass is 10.1. The van der Waals surface area contributed by atoms with Crippen LogP contribution in [-0.2, 0) is 0 Å². The van der Waals surface area contributed by atoms with E-state index in [4.69, 9.17) is 0 Å². The molecule has 1 heterocycles. The van der Waals surface area contributed by atoms with Crippen molar-refractivity contribution in [1.29, 1.82) is 0 Å². The molecule has 0 fully saturated rings. The molecule has 0 atom stereocenters. The molecule has 1 amide bonds. The van der Waals surface area contributed by atoms with E-state index in [-0.39, 0.29) is 11.4 Å². The maximum absolute atomic E-state index is 12.1. The Hall–Kier alpha value is -2.36. The zero-order chi connectivity index (χ0) is 15.5. The smallest absolute Gasteiger partial charge is 0.256 e. The Balaban J connectivity index is 2.03. The third-order valence-electron chi connectivity index (χ3n) is 2.84. The molecule has 0 aliphatic rings. The fourth-order valence-corrected chi connectivity index (χ4v) is 1.87. The number of amides is 1. The third kappa shape index (κ3) is 4.60. The highest BCUT2D eigenvalue weighted by Crippen LogP contribution is 2.15. The number of benzene rings is 1. The zero-order valence-corrected chi connectivity index (χ0v) is 12.9. The van der Waals surface area contributed by atoms with Crippen molar-refractivity contribution >= 4 is 17.4 Å². The van der Waals surface area contributed by atoms with Gasteiger partial charge in [0, 0.05) is 11.1 Å². The highest BCUT2D eigenvalue weighted by Gasteiger charge is 2.10. The Labute approximate surface area is 125 Å². The summed E-state index contributed by atoms with van der Waals surface area (Å²) in [6, 6.07) is 11.1. The normalized spacial score (nSPS) is 11.0. The number of hydrogen-bond donors (Lipinski definition) is 2. The summed E-state index contributed by atoms with van der Waals surface area (Å²) in [5, 5.41) is 6.11. The zero-order valence-electron chi connectivity index (χ0n) is 12.9. The molecule has 0 unspecified atom stereocenters. The minimum Gasteiger partial charge on any atom is -0.379 e. The molecule has 0 saturated heterocycles. The molecule has 4 heteroatoms. The largest absolute Gasteiger partial charge is 0.379 e. The van der Waals surface area contributed by atoms with Gasteiger partial charge in [0.05, 0.1) is 11.9 Å². The molecule has 4 nitrogen and oxygen atoms in total. The van der Waals surface area contributed by atoms with Crippen LogP contribution in [0.15, 0.2) is 42.6 Å². The topological polar surface area (TPSA) is 54.0 Å². The molecule has 0 radical (unpaired) electrons. The Morgan fingerprint density at radius 1 is 1.05 bits per heavy atom. The summed E-state index contributed by atoms with van der Waals surface area (Å²) >= 11 is 0. The number of carbonyl (C=O) groups is 1. The molecule has 1 aromatic heterocycles. The maximum Gasteiger partial charge on any atom is 0.256 e. The Kier molecular flexibility index (Phi) is 4.26. The average molecular weight is 283 g/mol. The maximum atomic E-state index is 12.1. The number of rotatable bonds is 3. The molecule has 2 aromatic rings. The summed E-state index contributed by atoms with van der Waals surface area (Å²) in [5.74, 6) is 0.388. The first-order valence-electron chi connectivity index (χ1n) is 6.96. The number of hydrogen-bond acceptors (Lipinski definition) is 3. The second-order valence-electron chi connectivity index (χ2n) is 6.13. The van der Waals surface area contributed by atoms with Gasteiger partial charge in [-0.1, -0.05) is 17.7 Å². The molecule has 0 saturated carbocycles. The van der Waals surface area contributed by atoms with Gasteiger partial charge in [0.25, 0.3) is 5.91 Å². The molecular formula is C17H21N3O. The van der Waals surface area contributed by atoms with E-state index >= 15 is 0 Å². The number of aryl methyl sites for hydroxylation is 1. The highest BCUT2D eigenvalue weighted by molar-refractivity contribution is 6.03. The van der Waals surface area contributed by atoms with E-state index in [1.807, 2.05) is 25.1 Å². The molecule has 2 rings (SSSR count). The van der Waals surface area contributed by atoms with Crippen LogP contribution >= 0.6 is 0 Å². The molecular weight excluding hydrogens is 262 g/mol. The molecule has 1 aromatic carbocycles. The van der Waals surface area contributed by atoms with Gasteiger partial charge in [-0.25, -0.2) is 4.98 Å². The van der Waals surface area contributed by atoms with Crippen LogP contribution in [0.5, 0.6) is 0 Å². The highest BCUT2D eigenvalue weighted by atomic mass is 16.1. The van der Waals surface area contributed by atoms with E-state index in [9.17, 15) is 4.79 Å². The number of aromatic nitrogens is 1. The average Bonchev–Trinajstić information content (AvgIpc) is 2.40. The standard InChI is InChI=1S/C17H21N3O/c1-12-5-7-13(8-6-12)16(21)19-15-10-9-14(11-18-15)20-17(2,3)4/h5-11,20H,1-4H3,(H,18,19,21). The predicted molar refractivity (Wildman–Crippen MR) is 86.7 cm³/mol. The van der Waals surface area contributed by atoms with E-state index in [0.29, 0.717) is 11.4 Å². The van der Waals surface area contributed by atoms with Crippen LogP contribution in [-0.4, -0.2) is 16.4 Å². The summed E-state index contributed by atoms with van der Waals surface area (Å²) in [7, 11) is 0. The van der Waals surface area contributed by atoms with Crippen LogP contribution in [0.1, 0.15) is 36.7 Å². The molecule has 2 N–H and O–H groups in total. The predicted octanol–water partition coefficient (Wildman–Crippen LogP) is 3.85. The van der Waals surface area contributed by atoms with Crippen molar-refractivity contribution in [3.8, 4) is 0 Å². The van der Waals surface area contributed by atoms with E-state index in [1.54, 1.807) is 24.4 Å². The van der Waals surface area contributed by atoms with Gasteiger partial charge in [0.2, 0.25) is 0 Å². The number of carbonyl (C=O) groups excluding carboxylic acids is 1. The van der Waals surface area contributed by atoms with Crippen molar-refractivity contribution in [2.24, 2.45) is 0 Å². The number of nitrogens with zero attached hydrogens (tertiary/aromatic N) is 1. The molecule has 21 heavy (non-hydrogen) atoms. The SMILES string of the molecule is Cc1ccc(C(=O)Nc2ccc(NC(C)(C)C)cn2)cc1. The van der Waals surface area contributed by atoms with Gasteiger partial charge in [0.1, 0.15) is 5.82 Å². The van der Waals surface area contributed by atoms with Crippen LogP contribution in [0.2, 0.25) is 0 Å².